The summed E-state index contributed by atoms with van der Waals surface area (Å²) in [4.78, 5) is 0. The van der Waals surface area contributed by atoms with Crippen molar-refractivity contribution in [1.29, 1.82) is 0 Å². The van der Waals surface area contributed by atoms with Gasteiger partial charge in [0.05, 0.1) is 5.52 Å². The zero-order valence-electron chi connectivity index (χ0n) is 8.68. The summed E-state index contributed by atoms with van der Waals surface area (Å²) in [6.45, 7) is 0. The number of fused-ring (bicyclic) bond motifs is 6. The van der Waals surface area contributed by atoms with E-state index in [2.05, 4.69) is 35.4 Å². The van der Waals surface area contributed by atoms with Crippen LogP contribution in [0.5, 0.6) is 0 Å². The van der Waals surface area contributed by atoms with Gasteiger partial charge in [0.1, 0.15) is 0 Å². The van der Waals surface area contributed by atoms with Gasteiger partial charge in [-0.1, -0.05) is 39.9 Å². The van der Waals surface area contributed by atoms with Crippen LogP contribution >= 0.6 is 11.3 Å². The number of nitrogens with zero attached hydrogens (tertiary/aromatic N) is 2. The van der Waals surface area contributed by atoms with Gasteiger partial charge in [0.2, 0.25) is 0 Å². The number of rotatable bonds is 0. The van der Waals surface area contributed by atoms with E-state index in [9.17, 15) is 0 Å². The smallest absolute Gasteiger partial charge is 0.0696 e. The molecule has 0 atom stereocenters. The Hall–Kier alpha value is -1.22. The second kappa shape index (κ2) is 3.91. The summed E-state index contributed by atoms with van der Waals surface area (Å²) in [5.74, 6) is 0. The van der Waals surface area contributed by atoms with Gasteiger partial charge in [-0.15, -0.1) is 5.38 Å². The molecule has 0 aliphatic rings. The molecule has 0 N–H and O–H groups in total. The molecular weight excluding hydrogens is 408 g/mol. The molecule has 4 heteroatoms. The van der Waals surface area contributed by atoms with Gasteiger partial charge in [-0.05, 0) is 11.5 Å². The Morgan fingerprint density at radius 1 is 1.12 bits per heavy atom. The van der Waals surface area contributed by atoms with E-state index in [1.165, 1.54) is 15.5 Å². The maximum atomic E-state index is 4.36. The minimum absolute atomic E-state index is 0. The van der Waals surface area contributed by atoms with Crippen LogP contribution in [0.4, 0.5) is 0 Å². The topological polar surface area (TPSA) is 17.3 Å². The van der Waals surface area contributed by atoms with Crippen LogP contribution in [-0.4, -0.2) is 9.61 Å². The van der Waals surface area contributed by atoms with E-state index in [1.54, 1.807) is 11.3 Å². The minimum Gasteiger partial charge on any atom is -0.268 e. The van der Waals surface area contributed by atoms with Crippen molar-refractivity contribution in [3.8, 4) is 0 Å². The van der Waals surface area contributed by atoms with Crippen LogP contribution < -0.4 is 0 Å². The molecule has 0 saturated heterocycles. The molecular formula is C13H7IrN2S-. The first-order chi connectivity index (χ1) is 7.95. The molecule has 0 fully saturated rings. The Balaban J connectivity index is 0.000000902. The zero-order chi connectivity index (χ0) is 10.5. The van der Waals surface area contributed by atoms with Gasteiger partial charge in [-0.3, -0.25) is 15.9 Å². The Bertz CT molecular complexity index is 747. The number of hydrogen-bond acceptors (Lipinski definition) is 2. The van der Waals surface area contributed by atoms with E-state index in [-0.39, 0.29) is 20.1 Å². The van der Waals surface area contributed by atoms with Gasteiger partial charge >= 0.3 is 0 Å². The van der Waals surface area contributed by atoms with E-state index in [0.29, 0.717) is 0 Å². The molecule has 0 bridgehead atoms. The summed E-state index contributed by atoms with van der Waals surface area (Å²) in [5.41, 5.74) is 2.22. The summed E-state index contributed by atoms with van der Waals surface area (Å²) in [6, 6.07) is 13.8. The van der Waals surface area contributed by atoms with Crippen LogP contribution in [0.15, 0.2) is 41.9 Å². The maximum Gasteiger partial charge on any atom is 0.0696 e. The quantitative estimate of drug-likeness (QED) is 0.402. The average Bonchev–Trinajstić information content (AvgIpc) is 2.98. The number of hydrogen-bond donors (Lipinski definition) is 0. The third-order valence-electron chi connectivity index (χ3n) is 2.89. The summed E-state index contributed by atoms with van der Waals surface area (Å²) in [6.07, 6.45) is 1.84. The van der Waals surface area contributed by atoms with E-state index in [0.717, 1.165) is 11.0 Å². The first-order valence-corrected chi connectivity index (χ1v) is 5.96. The van der Waals surface area contributed by atoms with Crippen molar-refractivity contribution in [3.05, 3.63) is 48.0 Å². The minimum atomic E-state index is 0. The molecule has 17 heavy (non-hydrogen) atoms. The summed E-state index contributed by atoms with van der Waals surface area (Å²) in [5, 5.41) is 8.90. The first-order valence-electron chi connectivity index (χ1n) is 5.08. The van der Waals surface area contributed by atoms with Gasteiger partial charge < -0.3 is 0 Å². The van der Waals surface area contributed by atoms with Crippen molar-refractivity contribution < 1.29 is 20.1 Å². The average molecular weight is 415 g/mol. The number of thiophene rings is 1. The zero-order valence-corrected chi connectivity index (χ0v) is 11.9. The monoisotopic (exact) mass is 416 g/mol. The summed E-state index contributed by atoms with van der Waals surface area (Å²) in [7, 11) is 0. The molecule has 3 heterocycles. The van der Waals surface area contributed by atoms with E-state index >= 15 is 0 Å². The van der Waals surface area contributed by atoms with Gasteiger partial charge in [-0.25, -0.2) is 6.07 Å². The fraction of sp³-hybridized carbons (Fsp3) is 0. The van der Waals surface area contributed by atoms with Gasteiger partial charge in [0.25, 0.3) is 0 Å². The fourth-order valence-corrected chi connectivity index (χ4v) is 3.05. The third kappa shape index (κ3) is 1.38. The molecule has 4 rings (SSSR count). The molecule has 1 aromatic carbocycles. The molecule has 1 radical (unpaired) electrons. The SMILES string of the molecule is [Ir].[c-]1csc2c3ccccc3c3ccnn3c12. The van der Waals surface area contributed by atoms with Crippen LogP contribution in [-0.2, 0) is 20.1 Å². The Morgan fingerprint density at radius 2 is 1.94 bits per heavy atom. The normalized spacial score (nSPS) is 11.1. The summed E-state index contributed by atoms with van der Waals surface area (Å²) >= 11 is 1.72. The Kier molecular flexibility index (Phi) is 2.51. The molecule has 0 aliphatic carbocycles. The molecule has 0 unspecified atom stereocenters. The van der Waals surface area contributed by atoms with Crippen LogP contribution in [0.25, 0.3) is 26.5 Å². The van der Waals surface area contributed by atoms with Crippen molar-refractivity contribution in [2.24, 2.45) is 0 Å². The molecule has 4 aromatic rings. The molecule has 0 aliphatic heterocycles. The summed E-state index contributed by atoms with van der Waals surface area (Å²) < 4.78 is 3.22. The van der Waals surface area contributed by atoms with E-state index in [4.69, 9.17) is 0 Å². The van der Waals surface area contributed by atoms with Crippen molar-refractivity contribution in [1.82, 2.24) is 9.61 Å². The molecule has 0 spiro atoms. The largest absolute Gasteiger partial charge is 0.268 e. The van der Waals surface area contributed by atoms with Crippen LogP contribution in [0.1, 0.15) is 0 Å². The fourth-order valence-electron chi connectivity index (χ4n) is 2.20. The number of benzene rings is 1. The van der Waals surface area contributed by atoms with E-state index in [1.807, 2.05) is 22.2 Å². The third-order valence-corrected chi connectivity index (χ3v) is 3.77. The van der Waals surface area contributed by atoms with Gasteiger partial charge in [0, 0.05) is 26.3 Å². The molecule has 3 aromatic heterocycles. The maximum absolute atomic E-state index is 4.36. The number of pyridine rings is 1. The first kappa shape index (κ1) is 10.9. The Morgan fingerprint density at radius 3 is 2.82 bits per heavy atom. The van der Waals surface area contributed by atoms with Gasteiger partial charge in [0.15, 0.2) is 0 Å². The van der Waals surface area contributed by atoms with Crippen molar-refractivity contribution in [3.63, 3.8) is 0 Å². The second-order valence-corrected chi connectivity index (χ2v) is 4.61. The van der Waals surface area contributed by atoms with Gasteiger partial charge in [-0.2, -0.15) is 5.10 Å². The van der Waals surface area contributed by atoms with Crippen molar-refractivity contribution in [2.75, 3.05) is 0 Å². The van der Waals surface area contributed by atoms with Crippen molar-refractivity contribution >= 4 is 37.8 Å². The molecule has 0 amide bonds. The predicted octanol–water partition coefficient (Wildman–Crippen LogP) is 3.50. The standard InChI is InChI=1S/C13H7N2S.Ir/c1-2-4-10-9(3-1)11-5-7-14-15(11)12-6-8-16-13(10)12;/h1-5,7-8H;/q-1;. The molecule has 0 saturated carbocycles. The second-order valence-electron chi connectivity index (χ2n) is 3.73. The van der Waals surface area contributed by atoms with E-state index < -0.39 is 0 Å². The van der Waals surface area contributed by atoms with Crippen LogP contribution in [0.2, 0.25) is 0 Å². The molecule has 2 nitrogen and oxygen atoms in total. The number of aromatic nitrogens is 2. The van der Waals surface area contributed by atoms with Crippen LogP contribution in [0, 0.1) is 6.07 Å². The van der Waals surface area contributed by atoms with Crippen molar-refractivity contribution in [2.45, 2.75) is 0 Å². The Labute approximate surface area is 115 Å². The van der Waals surface area contributed by atoms with Crippen LogP contribution in [0.3, 0.4) is 0 Å². The molecule has 85 valence electrons. The predicted molar refractivity (Wildman–Crippen MR) is 66.9 cm³/mol.